The maximum atomic E-state index is 10.9. The van der Waals surface area contributed by atoms with E-state index in [1.54, 1.807) is 6.92 Å². The third-order valence-electron chi connectivity index (χ3n) is 2.20. The van der Waals surface area contributed by atoms with Crippen LogP contribution >= 0.6 is 0 Å². The molecule has 1 rings (SSSR count). The molecule has 0 aliphatic carbocycles. The number of alkyl carbamates (subject to hydrolysis) is 1. The average Bonchev–Trinajstić information content (AvgIpc) is 2.64. The number of nitrogens with zero attached hydrogens (tertiary/aromatic N) is 1. The zero-order chi connectivity index (χ0) is 11.8. The van der Waals surface area contributed by atoms with Gasteiger partial charge in [-0.2, -0.15) is 0 Å². The predicted octanol–water partition coefficient (Wildman–Crippen LogP) is 0.861. The standard InChI is InChI=1S/C11H19N3O2/c1-3-16-11(15)13-7-6-12-9-10-5-4-8-14(10)2/h4-5,8,12H,3,6-7,9H2,1-2H3,(H,13,15). The van der Waals surface area contributed by atoms with Crippen LogP contribution in [-0.2, 0) is 18.3 Å². The molecule has 0 aliphatic heterocycles. The quantitative estimate of drug-likeness (QED) is 0.706. The number of nitrogens with one attached hydrogen (secondary N) is 2. The number of amides is 1. The van der Waals surface area contributed by atoms with E-state index in [9.17, 15) is 4.79 Å². The fourth-order valence-corrected chi connectivity index (χ4v) is 1.33. The number of hydrogen-bond donors (Lipinski definition) is 2. The van der Waals surface area contributed by atoms with Crippen LogP contribution in [0.4, 0.5) is 4.79 Å². The summed E-state index contributed by atoms with van der Waals surface area (Å²) in [5.41, 5.74) is 1.22. The molecule has 0 radical (unpaired) electrons. The van der Waals surface area contributed by atoms with Crippen molar-refractivity contribution in [3.8, 4) is 0 Å². The van der Waals surface area contributed by atoms with Crippen molar-refractivity contribution in [2.24, 2.45) is 7.05 Å². The summed E-state index contributed by atoms with van der Waals surface area (Å²) in [6.45, 7) is 4.29. The zero-order valence-corrected chi connectivity index (χ0v) is 9.82. The van der Waals surface area contributed by atoms with E-state index in [1.165, 1.54) is 5.69 Å². The molecule has 1 heterocycles. The van der Waals surface area contributed by atoms with Crippen molar-refractivity contribution < 1.29 is 9.53 Å². The Morgan fingerprint density at radius 2 is 2.31 bits per heavy atom. The van der Waals surface area contributed by atoms with Crippen molar-refractivity contribution in [3.05, 3.63) is 24.0 Å². The summed E-state index contributed by atoms with van der Waals surface area (Å²) in [5, 5.41) is 5.88. The van der Waals surface area contributed by atoms with E-state index in [0.717, 1.165) is 13.1 Å². The Kier molecular flexibility index (Phi) is 5.42. The van der Waals surface area contributed by atoms with E-state index in [-0.39, 0.29) is 6.09 Å². The lowest BCUT2D eigenvalue weighted by molar-refractivity contribution is 0.152. The lowest BCUT2D eigenvalue weighted by Gasteiger charge is -2.07. The maximum absolute atomic E-state index is 10.9. The second-order valence-electron chi connectivity index (χ2n) is 3.43. The van der Waals surface area contributed by atoms with Crippen LogP contribution in [0.25, 0.3) is 0 Å². The van der Waals surface area contributed by atoms with Crippen LogP contribution in [0.15, 0.2) is 18.3 Å². The lowest BCUT2D eigenvalue weighted by Crippen LogP contribution is -2.32. The van der Waals surface area contributed by atoms with Crippen LogP contribution in [0.3, 0.4) is 0 Å². The Balaban J connectivity index is 2.04. The smallest absolute Gasteiger partial charge is 0.407 e. The van der Waals surface area contributed by atoms with Gasteiger partial charge in [0, 0.05) is 38.6 Å². The highest BCUT2D eigenvalue weighted by Crippen LogP contribution is 1.97. The highest BCUT2D eigenvalue weighted by molar-refractivity contribution is 5.66. The summed E-state index contributed by atoms with van der Waals surface area (Å²) in [7, 11) is 2.01. The van der Waals surface area contributed by atoms with Gasteiger partial charge in [-0.25, -0.2) is 4.79 Å². The molecule has 0 spiro atoms. The van der Waals surface area contributed by atoms with Crippen LogP contribution in [0.1, 0.15) is 12.6 Å². The fraction of sp³-hybridized carbons (Fsp3) is 0.545. The molecular formula is C11H19N3O2. The Hall–Kier alpha value is -1.49. The zero-order valence-electron chi connectivity index (χ0n) is 9.82. The molecular weight excluding hydrogens is 206 g/mol. The Morgan fingerprint density at radius 3 is 2.94 bits per heavy atom. The van der Waals surface area contributed by atoms with Gasteiger partial charge < -0.3 is 19.9 Å². The van der Waals surface area contributed by atoms with E-state index in [0.29, 0.717) is 13.2 Å². The van der Waals surface area contributed by atoms with Gasteiger partial charge in [-0.1, -0.05) is 0 Å². The third-order valence-corrected chi connectivity index (χ3v) is 2.20. The van der Waals surface area contributed by atoms with Crippen LogP contribution in [0.2, 0.25) is 0 Å². The molecule has 5 nitrogen and oxygen atoms in total. The highest BCUT2D eigenvalue weighted by atomic mass is 16.5. The summed E-state index contributed by atoms with van der Waals surface area (Å²) in [4.78, 5) is 10.9. The van der Waals surface area contributed by atoms with Crippen LogP contribution in [0, 0.1) is 0 Å². The van der Waals surface area contributed by atoms with Crippen molar-refractivity contribution in [1.82, 2.24) is 15.2 Å². The molecule has 1 amide bonds. The van der Waals surface area contributed by atoms with Crippen molar-refractivity contribution >= 4 is 6.09 Å². The van der Waals surface area contributed by atoms with Gasteiger partial charge in [0.1, 0.15) is 0 Å². The van der Waals surface area contributed by atoms with E-state index in [2.05, 4.69) is 21.3 Å². The normalized spacial score (nSPS) is 10.1. The minimum Gasteiger partial charge on any atom is -0.450 e. The average molecular weight is 225 g/mol. The second-order valence-corrected chi connectivity index (χ2v) is 3.43. The van der Waals surface area contributed by atoms with Gasteiger partial charge in [-0.05, 0) is 19.1 Å². The number of carbonyl (C=O) groups is 1. The van der Waals surface area contributed by atoms with Gasteiger partial charge in [0.05, 0.1) is 6.61 Å². The maximum Gasteiger partial charge on any atom is 0.407 e. The first kappa shape index (κ1) is 12.6. The fourth-order valence-electron chi connectivity index (χ4n) is 1.33. The van der Waals surface area contributed by atoms with Crippen molar-refractivity contribution in [2.75, 3.05) is 19.7 Å². The molecule has 0 fully saturated rings. The largest absolute Gasteiger partial charge is 0.450 e. The lowest BCUT2D eigenvalue weighted by atomic mass is 10.4. The number of aryl methyl sites for hydroxylation is 1. The first-order valence-corrected chi connectivity index (χ1v) is 5.45. The molecule has 0 aromatic carbocycles. The number of hydrogen-bond acceptors (Lipinski definition) is 3. The summed E-state index contributed by atoms with van der Waals surface area (Å²) < 4.78 is 6.79. The molecule has 0 unspecified atom stereocenters. The van der Waals surface area contributed by atoms with Crippen LogP contribution in [-0.4, -0.2) is 30.4 Å². The molecule has 90 valence electrons. The van der Waals surface area contributed by atoms with Gasteiger partial charge in [-0.15, -0.1) is 0 Å². The molecule has 16 heavy (non-hydrogen) atoms. The number of aromatic nitrogens is 1. The molecule has 0 saturated carbocycles. The second kappa shape index (κ2) is 6.90. The summed E-state index contributed by atoms with van der Waals surface area (Å²) in [5.74, 6) is 0. The van der Waals surface area contributed by atoms with E-state index in [1.807, 2.05) is 19.3 Å². The minimum absolute atomic E-state index is 0.358. The summed E-state index contributed by atoms with van der Waals surface area (Å²) in [6, 6.07) is 4.07. The van der Waals surface area contributed by atoms with Gasteiger partial charge >= 0.3 is 6.09 Å². The number of carbonyl (C=O) groups excluding carboxylic acids is 1. The summed E-state index contributed by atoms with van der Waals surface area (Å²) in [6.07, 6.45) is 1.65. The Labute approximate surface area is 95.8 Å². The van der Waals surface area contributed by atoms with Crippen molar-refractivity contribution in [1.29, 1.82) is 0 Å². The Morgan fingerprint density at radius 1 is 1.50 bits per heavy atom. The summed E-state index contributed by atoms with van der Waals surface area (Å²) >= 11 is 0. The van der Waals surface area contributed by atoms with Crippen LogP contribution in [0.5, 0.6) is 0 Å². The molecule has 0 atom stereocenters. The monoisotopic (exact) mass is 225 g/mol. The number of ether oxygens (including phenoxy) is 1. The molecule has 1 aromatic heterocycles. The molecule has 0 aliphatic rings. The molecule has 2 N–H and O–H groups in total. The first-order chi connectivity index (χ1) is 7.74. The topological polar surface area (TPSA) is 55.3 Å². The van der Waals surface area contributed by atoms with Crippen molar-refractivity contribution in [2.45, 2.75) is 13.5 Å². The van der Waals surface area contributed by atoms with E-state index >= 15 is 0 Å². The van der Waals surface area contributed by atoms with Gasteiger partial charge in [-0.3, -0.25) is 0 Å². The Bertz CT molecular complexity index is 323. The van der Waals surface area contributed by atoms with E-state index < -0.39 is 0 Å². The molecule has 0 saturated heterocycles. The first-order valence-electron chi connectivity index (χ1n) is 5.45. The molecule has 0 bridgehead atoms. The molecule has 1 aromatic rings. The SMILES string of the molecule is CCOC(=O)NCCNCc1cccn1C. The van der Waals surface area contributed by atoms with Gasteiger partial charge in [0.2, 0.25) is 0 Å². The van der Waals surface area contributed by atoms with E-state index in [4.69, 9.17) is 4.74 Å². The predicted molar refractivity (Wildman–Crippen MR) is 62.1 cm³/mol. The van der Waals surface area contributed by atoms with Gasteiger partial charge in [0.15, 0.2) is 0 Å². The number of rotatable bonds is 6. The third kappa shape index (κ3) is 4.35. The molecule has 5 heteroatoms. The highest BCUT2D eigenvalue weighted by Gasteiger charge is 1.99. The van der Waals surface area contributed by atoms with Crippen LogP contribution < -0.4 is 10.6 Å². The minimum atomic E-state index is -0.358. The van der Waals surface area contributed by atoms with Gasteiger partial charge in [0.25, 0.3) is 0 Å². The van der Waals surface area contributed by atoms with Crippen molar-refractivity contribution in [3.63, 3.8) is 0 Å².